The van der Waals surface area contributed by atoms with Crippen molar-refractivity contribution in [3.63, 3.8) is 0 Å². The maximum atomic E-state index is 11.7. The molecule has 0 aromatic heterocycles. The van der Waals surface area contributed by atoms with Crippen LogP contribution in [0.5, 0.6) is 0 Å². The second-order valence-electron chi connectivity index (χ2n) is 5.02. The van der Waals surface area contributed by atoms with Crippen molar-refractivity contribution < 1.29 is 14.0 Å². The molecule has 1 N–H and O–H groups in total. The summed E-state index contributed by atoms with van der Waals surface area (Å²) >= 11 is 0. The molecule has 0 radical (unpaired) electrons. The second-order valence-corrected chi connectivity index (χ2v) is 7.00. The van der Waals surface area contributed by atoms with Gasteiger partial charge in [-0.1, -0.05) is 65.2 Å². The summed E-state index contributed by atoms with van der Waals surface area (Å²) in [6.07, 6.45) is 11.4. The van der Waals surface area contributed by atoms with Gasteiger partial charge in [0.2, 0.25) is 0 Å². The molecule has 0 saturated heterocycles. The van der Waals surface area contributed by atoms with Crippen LogP contribution in [0.15, 0.2) is 0 Å². The molecule has 0 amide bonds. The van der Waals surface area contributed by atoms with Gasteiger partial charge in [-0.3, -0.25) is 4.57 Å². The van der Waals surface area contributed by atoms with E-state index in [1.165, 1.54) is 38.5 Å². The van der Waals surface area contributed by atoms with Crippen LogP contribution < -0.4 is 0 Å². The first-order valence-electron chi connectivity index (χ1n) is 7.58. The summed E-state index contributed by atoms with van der Waals surface area (Å²) in [5.74, 6) is 0. The first kappa shape index (κ1) is 18.1. The van der Waals surface area contributed by atoms with Crippen LogP contribution in [-0.4, -0.2) is 17.7 Å². The third-order valence-electron chi connectivity index (χ3n) is 3.09. The minimum Gasteiger partial charge on any atom is -0.324 e. The molecule has 110 valence electrons. The van der Waals surface area contributed by atoms with Crippen LogP contribution in [-0.2, 0) is 9.09 Å². The average molecular weight is 278 g/mol. The molecule has 0 fully saturated rings. The van der Waals surface area contributed by atoms with Crippen LogP contribution >= 0.6 is 7.60 Å². The van der Waals surface area contributed by atoms with Crippen LogP contribution in [0.4, 0.5) is 0 Å². The summed E-state index contributed by atoms with van der Waals surface area (Å²) in [6, 6.07) is 0. The van der Waals surface area contributed by atoms with E-state index in [0.717, 1.165) is 25.7 Å². The molecule has 0 aliphatic carbocycles. The molecule has 1 unspecified atom stereocenters. The van der Waals surface area contributed by atoms with Crippen molar-refractivity contribution in [2.75, 3.05) is 12.8 Å². The van der Waals surface area contributed by atoms with E-state index in [-0.39, 0.29) is 0 Å². The third kappa shape index (κ3) is 12.6. The second kappa shape index (κ2) is 12.2. The maximum absolute atomic E-state index is 11.7. The minimum atomic E-state index is -3.30. The fraction of sp³-hybridized carbons (Fsp3) is 1.00. The van der Waals surface area contributed by atoms with E-state index in [1.807, 2.05) is 0 Å². The lowest BCUT2D eigenvalue weighted by atomic mass is 10.1. The topological polar surface area (TPSA) is 46.5 Å². The lowest BCUT2D eigenvalue weighted by molar-refractivity contribution is 0.252. The Labute approximate surface area is 113 Å². The van der Waals surface area contributed by atoms with Gasteiger partial charge in [0.05, 0.1) is 6.61 Å². The smallest absolute Gasteiger partial charge is 0.324 e. The van der Waals surface area contributed by atoms with Gasteiger partial charge >= 0.3 is 7.60 Å². The molecule has 0 aromatic rings. The molecule has 0 spiro atoms. The molecule has 3 nitrogen and oxygen atoms in total. The molecule has 4 heteroatoms. The number of rotatable bonds is 13. The Morgan fingerprint density at radius 1 is 0.833 bits per heavy atom. The summed E-state index contributed by atoms with van der Waals surface area (Å²) in [7, 11) is -3.30. The van der Waals surface area contributed by atoms with Crippen molar-refractivity contribution in [2.24, 2.45) is 0 Å². The summed E-state index contributed by atoms with van der Waals surface area (Å²) in [5, 5.41) is 0. The van der Waals surface area contributed by atoms with E-state index in [0.29, 0.717) is 12.8 Å². The van der Waals surface area contributed by atoms with Crippen LogP contribution in [0, 0.1) is 0 Å². The highest BCUT2D eigenvalue weighted by atomic mass is 31.2. The van der Waals surface area contributed by atoms with Gasteiger partial charge in [0, 0.05) is 6.16 Å². The standard InChI is InChI=1S/C14H31O3P/c1-3-5-7-9-10-12-14-18(15,16)17-13-11-8-6-4-2/h3-14H2,1-2H3,(H,15,16). The van der Waals surface area contributed by atoms with Gasteiger partial charge in [-0.15, -0.1) is 0 Å². The molecule has 0 saturated carbocycles. The van der Waals surface area contributed by atoms with Gasteiger partial charge < -0.3 is 9.42 Å². The quantitative estimate of drug-likeness (QED) is 0.375. The highest BCUT2D eigenvalue weighted by Gasteiger charge is 2.17. The number of unbranched alkanes of at least 4 members (excludes halogenated alkanes) is 8. The van der Waals surface area contributed by atoms with Crippen molar-refractivity contribution >= 4 is 7.60 Å². The van der Waals surface area contributed by atoms with Gasteiger partial charge in [0.15, 0.2) is 0 Å². The monoisotopic (exact) mass is 278 g/mol. The van der Waals surface area contributed by atoms with Crippen molar-refractivity contribution in [2.45, 2.75) is 78.1 Å². The highest BCUT2D eigenvalue weighted by Crippen LogP contribution is 2.43. The predicted octanol–water partition coefficient (Wildman–Crippen LogP) is 5.13. The maximum Gasteiger partial charge on any atom is 0.328 e. The molecular formula is C14H31O3P. The van der Waals surface area contributed by atoms with E-state index < -0.39 is 7.60 Å². The van der Waals surface area contributed by atoms with Crippen LogP contribution in [0.25, 0.3) is 0 Å². The fourth-order valence-electron chi connectivity index (χ4n) is 1.89. The predicted molar refractivity (Wildman–Crippen MR) is 78.2 cm³/mol. The Kier molecular flexibility index (Phi) is 12.3. The molecular weight excluding hydrogens is 247 g/mol. The number of hydrogen-bond acceptors (Lipinski definition) is 2. The molecule has 0 aliphatic rings. The van der Waals surface area contributed by atoms with E-state index in [4.69, 9.17) is 4.52 Å². The van der Waals surface area contributed by atoms with Crippen LogP contribution in [0.1, 0.15) is 78.1 Å². The molecule has 0 aromatic carbocycles. The first-order chi connectivity index (χ1) is 8.62. The Hall–Kier alpha value is 0.150. The Morgan fingerprint density at radius 3 is 1.94 bits per heavy atom. The zero-order chi connectivity index (χ0) is 13.7. The normalized spacial score (nSPS) is 14.6. The van der Waals surface area contributed by atoms with Gasteiger partial charge in [0.1, 0.15) is 0 Å². The summed E-state index contributed by atoms with van der Waals surface area (Å²) in [5.41, 5.74) is 0. The lowest BCUT2D eigenvalue weighted by Crippen LogP contribution is -1.97. The minimum absolute atomic E-state index is 0.326. The van der Waals surface area contributed by atoms with Crippen molar-refractivity contribution in [1.29, 1.82) is 0 Å². The molecule has 18 heavy (non-hydrogen) atoms. The van der Waals surface area contributed by atoms with Crippen molar-refractivity contribution in [3.05, 3.63) is 0 Å². The fourth-order valence-corrected chi connectivity index (χ4v) is 3.06. The third-order valence-corrected chi connectivity index (χ3v) is 4.55. The SMILES string of the molecule is CCCCCCCCP(=O)(O)OCCCCCC. The van der Waals surface area contributed by atoms with Gasteiger partial charge in [-0.05, 0) is 12.8 Å². The van der Waals surface area contributed by atoms with Crippen LogP contribution in [0.3, 0.4) is 0 Å². The van der Waals surface area contributed by atoms with E-state index >= 15 is 0 Å². The molecule has 0 heterocycles. The van der Waals surface area contributed by atoms with Crippen LogP contribution in [0.2, 0.25) is 0 Å². The highest BCUT2D eigenvalue weighted by molar-refractivity contribution is 7.52. The largest absolute Gasteiger partial charge is 0.328 e. The zero-order valence-corrected chi connectivity index (χ0v) is 13.1. The molecule has 0 aliphatic heterocycles. The van der Waals surface area contributed by atoms with E-state index in [2.05, 4.69) is 13.8 Å². The van der Waals surface area contributed by atoms with Crippen molar-refractivity contribution in [3.8, 4) is 0 Å². The van der Waals surface area contributed by atoms with E-state index in [9.17, 15) is 9.46 Å². The summed E-state index contributed by atoms with van der Waals surface area (Å²) in [6.45, 7) is 4.77. The molecule has 0 rings (SSSR count). The Morgan fingerprint density at radius 2 is 1.33 bits per heavy atom. The summed E-state index contributed by atoms with van der Waals surface area (Å²) < 4.78 is 16.8. The zero-order valence-electron chi connectivity index (χ0n) is 12.2. The van der Waals surface area contributed by atoms with Crippen molar-refractivity contribution in [1.82, 2.24) is 0 Å². The van der Waals surface area contributed by atoms with E-state index in [1.54, 1.807) is 0 Å². The molecule has 0 bridgehead atoms. The average Bonchev–Trinajstić information content (AvgIpc) is 2.33. The van der Waals surface area contributed by atoms with Gasteiger partial charge in [0.25, 0.3) is 0 Å². The Balaban J connectivity index is 3.40. The van der Waals surface area contributed by atoms with Gasteiger partial charge in [-0.2, -0.15) is 0 Å². The number of hydrogen-bond donors (Lipinski definition) is 1. The molecule has 1 atom stereocenters. The lowest BCUT2D eigenvalue weighted by Gasteiger charge is -2.11. The first-order valence-corrected chi connectivity index (χ1v) is 9.35. The Bertz CT molecular complexity index is 219. The van der Waals surface area contributed by atoms with Gasteiger partial charge in [-0.25, -0.2) is 0 Å². The summed E-state index contributed by atoms with van der Waals surface area (Å²) in [4.78, 5) is 9.61.